The molecule has 6 rings (SSSR count). The highest BCUT2D eigenvalue weighted by Gasteiger charge is 2.32. The molecule has 1 N–H and O–H groups in total. The smallest absolute Gasteiger partial charge is 0.251 e. The molecular formula is C29H21FN2O7. The summed E-state index contributed by atoms with van der Waals surface area (Å²) < 4.78 is 36.8. The highest BCUT2D eigenvalue weighted by atomic mass is 19.1. The molecule has 3 aromatic carbocycles. The van der Waals surface area contributed by atoms with E-state index in [1.165, 1.54) is 35.2 Å². The minimum Gasteiger partial charge on any atom is -0.462 e. The van der Waals surface area contributed by atoms with Crippen LogP contribution in [0.1, 0.15) is 27.5 Å². The van der Waals surface area contributed by atoms with E-state index in [-0.39, 0.29) is 42.4 Å². The van der Waals surface area contributed by atoms with Gasteiger partial charge in [-0.05, 0) is 35.9 Å². The van der Waals surface area contributed by atoms with Crippen LogP contribution < -0.4 is 20.2 Å². The maximum Gasteiger partial charge on any atom is 0.251 e. The van der Waals surface area contributed by atoms with Crippen LogP contribution in [0.25, 0.3) is 10.9 Å². The van der Waals surface area contributed by atoms with Gasteiger partial charge >= 0.3 is 0 Å². The summed E-state index contributed by atoms with van der Waals surface area (Å²) in [6.07, 6.45) is 2.64. The number of ether oxygens (including phenoxy) is 4. The van der Waals surface area contributed by atoms with E-state index in [0.717, 1.165) is 17.7 Å². The zero-order valence-corrected chi connectivity index (χ0v) is 20.4. The molecule has 9 nitrogen and oxygen atoms in total. The molecule has 0 fully saturated rings. The molecule has 0 saturated carbocycles. The summed E-state index contributed by atoms with van der Waals surface area (Å²) in [6.45, 7) is 0.101. The van der Waals surface area contributed by atoms with Crippen LogP contribution in [-0.2, 0) is 20.8 Å². The topological polar surface area (TPSA) is 105 Å². The van der Waals surface area contributed by atoms with E-state index in [2.05, 4.69) is 5.32 Å². The largest absolute Gasteiger partial charge is 0.462 e. The fraction of sp³-hybridized carbons (Fsp3) is 0.138. The lowest BCUT2D eigenvalue weighted by Crippen LogP contribution is -2.35. The molecule has 0 spiro atoms. The Morgan fingerprint density at radius 1 is 0.949 bits per heavy atom. The van der Waals surface area contributed by atoms with E-state index in [1.807, 2.05) is 30.3 Å². The summed E-state index contributed by atoms with van der Waals surface area (Å²) in [5, 5.41) is 3.03. The number of rotatable bonds is 7. The van der Waals surface area contributed by atoms with Gasteiger partial charge in [0.2, 0.25) is 19.0 Å². The summed E-state index contributed by atoms with van der Waals surface area (Å²) in [6, 6.07) is 16.1. The predicted molar refractivity (Wildman–Crippen MR) is 137 cm³/mol. The first-order chi connectivity index (χ1) is 19.0. The quantitative estimate of drug-likeness (QED) is 0.364. The van der Waals surface area contributed by atoms with Crippen molar-refractivity contribution < 1.29 is 32.9 Å². The van der Waals surface area contributed by atoms with Crippen molar-refractivity contribution in [1.29, 1.82) is 0 Å². The zero-order chi connectivity index (χ0) is 26.9. The van der Waals surface area contributed by atoms with Crippen LogP contribution in [0.2, 0.25) is 0 Å². The fourth-order valence-corrected chi connectivity index (χ4v) is 4.54. The van der Waals surface area contributed by atoms with E-state index >= 15 is 0 Å². The van der Waals surface area contributed by atoms with Gasteiger partial charge in [-0.3, -0.25) is 14.4 Å². The number of hydrogen-bond acceptors (Lipinski definition) is 7. The number of nitrogens with zero attached hydrogens (tertiary/aromatic N) is 1. The Morgan fingerprint density at radius 3 is 2.41 bits per heavy atom. The molecule has 1 amide bonds. The molecule has 1 aromatic heterocycles. The van der Waals surface area contributed by atoms with Crippen molar-refractivity contribution in [3.8, 4) is 11.5 Å². The van der Waals surface area contributed by atoms with Crippen molar-refractivity contribution >= 4 is 22.6 Å². The van der Waals surface area contributed by atoms with E-state index in [1.54, 1.807) is 6.07 Å². The number of nitrogens with one attached hydrogen (secondary N) is 1. The molecule has 39 heavy (non-hydrogen) atoms. The number of fused-ring (bicyclic) bond motifs is 2. The third-order valence-electron chi connectivity index (χ3n) is 6.48. The Hall–Kier alpha value is -5.12. The Kier molecular flexibility index (Phi) is 6.20. The average Bonchev–Trinajstić information content (AvgIpc) is 3.65. The van der Waals surface area contributed by atoms with Crippen LogP contribution in [0, 0.1) is 5.82 Å². The number of aromatic nitrogens is 1. The second-order valence-corrected chi connectivity index (χ2v) is 8.89. The van der Waals surface area contributed by atoms with Crippen molar-refractivity contribution in [2.45, 2.75) is 12.6 Å². The molecule has 0 radical (unpaired) electrons. The van der Waals surface area contributed by atoms with Gasteiger partial charge in [0.25, 0.3) is 5.91 Å². The minimum atomic E-state index is -1.14. The molecule has 2 aliphatic rings. The summed E-state index contributed by atoms with van der Waals surface area (Å²) >= 11 is 0. The fourth-order valence-electron chi connectivity index (χ4n) is 4.54. The van der Waals surface area contributed by atoms with Gasteiger partial charge in [-0.1, -0.05) is 30.3 Å². The molecule has 2 aliphatic heterocycles. The van der Waals surface area contributed by atoms with Gasteiger partial charge in [0.15, 0.2) is 29.1 Å². The number of carbonyl (C=O) groups is 2. The number of hydrogen-bond donors (Lipinski definition) is 1. The Balaban J connectivity index is 1.51. The number of ketones is 1. The van der Waals surface area contributed by atoms with E-state index in [0.29, 0.717) is 17.0 Å². The predicted octanol–water partition coefficient (Wildman–Crippen LogP) is 3.80. The molecule has 0 aliphatic carbocycles. The van der Waals surface area contributed by atoms with Gasteiger partial charge in [-0.15, -0.1) is 0 Å². The number of halogens is 1. The number of benzene rings is 3. The van der Waals surface area contributed by atoms with Crippen molar-refractivity contribution in [2.75, 3.05) is 13.6 Å². The lowest BCUT2D eigenvalue weighted by molar-refractivity contribution is -0.124. The molecule has 0 bridgehead atoms. The summed E-state index contributed by atoms with van der Waals surface area (Å²) in [5.41, 5.74) is 0.520. The van der Waals surface area contributed by atoms with Crippen molar-refractivity contribution in [1.82, 2.24) is 9.88 Å². The van der Waals surface area contributed by atoms with Crippen LogP contribution in [0.4, 0.5) is 4.39 Å². The van der Waals surface area contributed by atoms with Gasteiger partial charge in [0.05, 0.1) is 16.5 Å². The standard InChI is InChI=1S/C29H21FN2O7/c30-19-8-6-18(7-9-19)27(33)21-13-32(22-11-24-23(38-16-39-24)10-20(22)28(21)34)26(25-14-36-15-37-25)29(35)31-12-17-4-2-1-3-5-17/h1-11,13-14,26H,12,15-16H2,(H,31,35). The van der Waals surface area contributed by atoms with Crippen LogP contribution in [0.5, 0.6) is 11.5 Å². The normalized spacial score (nSPS) is 14.3. The molecule has 10 heteroatoms. The molecular weight excluding hydrogens is 507 g/mol. The Bertz CT molecular complexity index is 1680. The van der Waals surface area contributed by atoms with Crippen LogP contribution >= 0.6 is 0 Å². The maximum absolute atomic E-state index is 13.7. The molecule has 0 saturated heterocycles. The number of amides is 1. The van der Waals surface area contributed by atoms with Gasteiger partial charge in [-0.2, -0.15) is 0 Å². The number of carbonyl (C=O) groups excluding carboxylic acids is 2. The van der Waals surface area contributed by atoms with E-state index < -0.39 is 29.0 Å². The molecule has 4 aromatic rings. The Labute approximate surface area is 221 Å². The first kappa shape index (κ1) is 24.2. The second kappa shape index (κ2) is 9.97. The number of pyridine rings is 1. The van der Waals surface area contributed by atoms with Crippen LogP contribution in [0.15, 0.2) is 89.7 Å². The van der Waals surface area contributed by atoms with Crippen molar-refractivity contribution in [3.63, 3.8) is 0 Å². The molecule has 3 heterocycles. The average molecular weight is 528 g/mol. The summed E-state index contributed by atoms with van der Waals surface area (Å²) in [5.74, 6) is -0.705. The SMILES string of the molecule is O=C(c1ccc(F)cc1)c1cn(C(C(=O)NCc2ccccc2)C2=COCO2)c2cc3c(cc2c1=O)OCO3. The summed E-state index contributed by atoms with van der Waals surface area (Å²) in [4.78, 5) is 40.8. The molecule has 1 atom stereocenters. The highest BCUT2D eigenvalue weighted by Crippen LogP contribution is 2.37. The van der Waals surface area contributed by atoms with Crippen molar-refractivity contribution in [2.24, 2.45) is 0 Å². The van der Waals surface area contributed by atoms with Crippen molar-refractivity contribution in [3.05, 3.63) is 118 Å². The zero-order valence-electron chi connectivity index (χ0n) is 20.4. The van der Waals surface area contributed by atoms with Crippen LogP contribution in [0.3, 0.4) is 0 Å². The van der Waals surface area contributed by atoms with Gasteiger partial charge in [-0.25, -0.2) is 4.39 Å². The third-order valence-corrected chi connectivity index (χ3v) is 6.48. The lowest BCUT2D eigenvalue weighted by atomic mass is 10.0. The first-order valence-electron chi connectivity index (χ1n) is 12.0. The molecule has 196 valence electrons. The molecule has 1 unspecified atom stereocenters. The second-order valence-electron chi connectivity index (χ2n) is 8.89. The van der Waals surface area contributed by atoms with Gasteiger partial charge in [0, 0.05) is 24.4 Å². The first-order valence-corrected chi connectivity index (χ1v) is 12.0. The van der Waals surface area contributed by atoms with E-state index in [4.69, 9.17) is 18.9 Å². The highest BCUT2D eigenvalue weighted by molar-refractivity contribution is 6.10. The third kappa shape index (κ3) is 4.56. The minimum absolute atomic E-state index is 0.0374. The van der Waals surface area contributed by atoms with Gasteiger partial charge in [0.1, 0.15) is 12.1 Å². The Morgan fingerprint density at radius 2 is 1.69 bits per heavy atom. The van der Waals surface area contributed by atoms with Gasteiger partial charge < -0.3 is 28.8 Å². The van der Waals surface area contributed by atoms with Crippen LogP contribution in [-0.4, -0.2) is 29.8 Å². The monoisotopic (exact) mass is 528 g/mol. The maximum atomic E-state index is 13.7. The lowest BCUT2D eigenvalue weighted by Gasteiger charge is -2.23. The van der Waals surface area contributed by atoms with E-state index in [9.17, 15) is 18.8 Å². The summed E-state index contributed by atoms with van der Waals surface area (Å²) in [7, 11) is 0.